The standard InChI is InChI=1S/C17H13NO3S/c1-21-17(20)12-4-2-11(3-5-12)16(19)18-14-6-7-15-13(10-14)8-9-22-15/h2-10H,1H3,(H,18,19). The zero-order valence-corrected chi connectivity index (χ0v) is 12.6. The van der Waals surface area contributed by atoms with E-state index in [4.69, 9.17) is 0 Å². The second-order valence-electron chi connectivity index (χ2n) is 4.70. The number of fused-ring (bicyclic) bond motifs is 1. The molecule has 0 unspecified atom stereocenters. The van der Waals surface area contributed by atoms with Gasteiger partial charge < -0.3 is 10.1 Å². The van der Waals surface area contributed by atoms with Gasteiger partial charge in [0.05, 0.1) is 12.7 Å². The summed E-state index contributed by atoms with van der Waals surface area (Å²) in [5.74, 6) is -0.638. The van der Waals surface area contributed by atoms with E-state index < -0.39 is 5.97 Å². The average molecular weight is 311 g/mol. The first-order valence-corrected chi connectivity index (χ1v) is 7.52. The number of rotatable bonds is 3. The summed E-state index contributed by atoms with van der Waals surface area (Å²) in [6.45, 7) is 0. The van der Waals surface area contributed by atoms with Gasteiger partial charge in [-0.25, -0.2) is 4.79 Å². The van der Waals surface area contributed by atoms with Crippen molar-refractivity contribution < 1.29 is 14.3 Å². The Bertz CT molecular complexity index is 836. The van der Waals surface area contributed by atoms with E-state index in [1.165, 1.54) is 11.8 Å². The van der Waals surface area contributed by atoms with E-state index in [2.05, 4.69) is 10.1 Å². The van der Waals surface area contributed by atoms with Gasteiger partial charge in [-0.15, -0.1) is 11.3 Å². The Morgan fingerprint density at radius 2 is 1.73 bits per heavy atom. The van der Waals surface area contributed by atoms with Crippen molar-refractivity contribution in [2.75, 3.05) is 12.4 Å². The molecule has 0 aliphatic heterocycles. The van der Waals surface area contributed by atoms with Crippen LogP contribution >= 0.6 is 11.3 Å². The summed E-state index contributed by atoms with van der Waals surface area (Å²) in [7, 11) is 1.32. The topological polar surface area (TPSA) is 55.4 Å². The summed E-state index contributed by atoms with van der Waals surface area (Å²) in [4.78, 5) is 23.6. The molecular weight excluding hydrogens is 298 g/mol. The van der Waals surface area contributed by atoms with Crippen molar-refractivity contribution in [1.82, 2.24) is 0 Å². The molecule has 1 N–H and O–H groups in total. The fraction of sp³-hybridized carbons (Fsp3) is 0.0588. The second-order valence-corrected chi connectivity index (χ2v) is 5.64. The molecule has 3 aromatic rings. The van der Waals surface area contributed by atoms with Gasteiger partial charge >= 0.3 is 5.97 Å². The van der Waals surface area contributed by atoms with Crippen LogP contribution in [0.3, 0.4) is 0 Å². The van der Waals surface area contributed by atoms with Crippen molar-refractivity contribution in [1.29, 1.82) is 0 Å². The van der Waals surface area contributed by atoms with E-state index in [1.54, 1.807) is 35.6 Å². The number of benzene rings is 2. The van der Waals surface area contributed by atoms with Crippen LogP contribution in [0.2, 0.25) is 0 Å². The van der Waals surface area contributed by atoms with Crippen LogP contribution in [-0.4, -0.2) is 19.0 Å². The lowest BCUT2D eigenvalue weighted by Gasteiger charge is -2.06. The lowest BCUT2D eigenvalue weighted by Crippen LogP contribution is -2.12. The Labute approximate surface area is 131 Å². The smallest absolute Gasteiger partial charge is 0.337 e. The van der Waals surface area contributed by atoms with E-state index in [-0.39, 0.29) is 5.91 Å². The number of carbonyl (C=O) groups is 2. The van der Waals surface area contributed by atoms with Crippen molar-refractivity contribution in [3.63, 3.8) is 0 Å². The number of ether oxygens (including phenoxy) is 1. The Kier molecular flexibility index (Phi) is 3.89. The van der Waals surface area contributed by atoms with Crippen LogP contribution in [0.25, 0.3) is 10.1 Å². The molecule has 5 heteroatoms. The van der Waals surface area contributed by atoms with Gasteiger partial charge in [0.25, 0.3) is 5.91 Å². The number of thiophene rings is 1. The summed E-state index contributed by atoms with van der Waals surface area (Å²) in [6, 6.07) is 14.2. The molecule has 0 saturated heterocycles. The molecule has 0 saturated carbocycles. The normalized spacial score (nSPS) is 10.4. The van der Waals surface area contributed by atoms with Gasteiger partial charge in [-0.2, -0.15) is 0 Å². The lowest BCUT2D eigenvalue weighted by atomic mass is 10.1. The first-order valence-electron chi connectivity index (χ1n) is 6.64. The second kappa shape index (κ2) is 5.99. The first-order chi connectivity index (χ1) is 10.7. The van der Waals surface area contributed by atoms with Gasteiger partial charge in [0.2, 0.25) is 0 Å². The highest BCUT2D eigenvalue weighted by Gasteiger charge is 2.09. The van der Waals surface area contributed by atoms with Crippen molar-refractivity contribution in [2.45, 2.75) is 0 Å². The molecule has 1 aromatic heterocycles. The lowest BCUT2D eigenvalue weighted by molar-refractivity contribution is 0.0600. The third kappa shape index (κ3) is 2.84. The number of hydrogen-bond donors (Lipinski definition) is 1. The number of anilines is 1. The SMILES string of the molecule is COC(=O)c1ccc(C(=O)Nc2ccc3sccc3c2)cc1. The monoisotopic (exact) mass is 311 g/mol. The van der Waals surface area contributed by atoms with Gasteiger partial charge in [-0.05, 0) is 59.3 Å². The van der Waals surface area contributed by atoms with Crippen LogP contribution in [0, 0.1) is 0 Å². The van der Waals surface area contributed by atoms with Crippen molar-refractivity contribution >= 4 is 39.0 Å². The Balaban J connectivity index is 1.77. The van der Waals surface area contributed by atoms with E-state index in [9.17, 15) is 9.59 Å². The minimum absolute atomic E-state index is 0.217. The van der Waals surface area contributed by atoms with Crippen molar-refractivity contribution in [2.24, 2.45) is 0 Å². The highest BCUT2D eigenvalue weighted by atomic mass is 32.1. The molecule has 4 nitrogen and oxygen atoms in total. The molecule has 0 spiro atoms. The number of esters is 1. The van der Waals surface area contributed by atoms with Gasteiger partial charge in [-0.1, -0.05) is 0 Å². The Morgan fingerprint density at radius 1 is 1.00 bits per heavy atom. The van der Waals surface area contributed by atoms with E-state index in [0.29, 0.717) is 11.1 Å². The molecule has 0 atom stereocenters. The van der Waals surface area contributed by atoms with Gasteiger partial charge in [0.15, 0.2) is 0 Å². The van der Waals surface area contributed by atoms with Gasteiger partial charge in [0.1, 0.15) is 0 Å². The molecule has 0 fully saturated rings. The zero-order valence-electron chi connectivity index (χ0n) is 11.8. The highest BCUT2D eigenvalue weighted by Crippen LogP contribution is 2.24. The molecule has 0 aliphatic rings. The van der Waals surface area contributed by atoms with Crippen molar-refractivity contribution in [3.05, 3.63) is 65.0 Å². The van der Waals surface area contributed by atoms with Crippen LogP contribution in [0.4, 0.5) is 5.69 Å². The van der Waals surface area contributed by atoms with Gasteiger partial charge in [-0.3, -0.25) is 4.79 Å². The summed E-state index contributed by atoms with van der Waals surface area (Å²) in [5.41, 5.74) is 1.64. The molecule has 0 radical (unpaired) electrons. The molecule has 2 aromatic carbocycles. The zero-order chi connectivity index (χ0) is 15.5. The fourth-order valence-corrected chi connectivity index (χ4v) is 2.89. The summed E-state index contributed by atoms with van der Waals surface area (Å²) in [6.07, 6.45) is 0. The molecule has 0 aliphatic carbocycles. The van der Waals surface area contributed by atoms with Crippen LogP contribution in [0.5, 0.6) is 0 Å². The maximum absolute atomic E-state index is 12.2. The number of amides is 1. The van der Waals surface area contributed by atoms with Crippen LogP contribution < -0.4 is 5.32 Å². The number of hydrogen-bond acceptors (Lipinski definition) is 4. The molecule has 1 amide bonds. The van der Waals surface area contributed by atoms with Crippen LogP contribution in [0.1, 0.15) is 20.7 Å². The number of methoxy groups -OCH3 is 1. The van der Waals surface area contributed by atoms with Crippen LogP contribution in [-0.2, 0) is 4.74 Å². The first kappa shape index (κ1) is 14.3. The summed E-state index contributed by atoms with van der Waals surface area (Å²) >= 11 is 1.66. The summed E-state index contributed by atoms with van der Waals surface area (Å²) in [5, 5.41) is 5.97. The highest BCUT2D eigenvalue weighted by molar-refractivity contribution is 7.17. The molecular formula is C17H13NO3S. The predicted octanol–water partition coefficient (Wildman–Crippen LogP) is 3.94. The molecule has 1 heterocycles. The third-order valence-corrected chi connectivity index (χ3v) is 4.18. The molecule has 3 rings (SSSR count). The van der Waals surface area contributed by atoms with E-state index >= 15 is 0 Å². The Hall–Kier alpha value is -2.66. The minimum atomic E-state index is -0.421. The van der Waals surface area contributed by atoms with Crippen LogP contribution in [0.15, 0.2) is 53.9 Å². The minimum Gasteiger partial charge on any atom is -0.465 e. The number of nitrogens with one attached hydrogen (secondary N) is 1. The van der Waals surface area contributed by atoms with E-state index in [1.807, 2.05) is 29.6 Å². The fourth-order valence-electron chi connectivity index (χ4n) is 2.12. The van der Waals surface area contributed by atoms with E-state index in [0.717, 1.165) is 11.1 Å². The largest absolute Gasteiger partial charge is 0.465 e. The third-order valence-electron chi connectivity index (χ3n) is 3.28. The maximum Gasteiger partial charge on any atom is 0.337 e. The quantitative estimate of drug-likeness (QED) is 0.745. The average Bonchev–Trinajstić information content (AvgIpc) is 3.02. The summed E-state index contributed by atoms with van der Waals surface area (Å²) < 4.78 is 5.81. The van der Waals surface area contributed by atoms with Gasteiger partial charge in [0, 0.05) is 16.0 Å². The molecule has 110 valence electrons. The maximum atomic E-state index is 12.2. The molecule has 0 bridgehead atoms. The predicted molar refractivity (Wildman–Crippen MR) is 87.6 cm³/mol. The Morgan fingerprint density at radius 3 is 2.45 bits per heavy atom. The molecule has 22 heavy (non-hydrogen) atoms. The van der Waals surface area contributed by atoms with Crippen molar-refractivity contribution in [3.8, 4) is 0 Å². The number of carbonyl (C=O) groups excluding carboxylic acids is 2.